The second-order valence-electron chi connectivity index (χ2n) is 4.22. The highest BCUT2D eigenvalue weighted by Crippen LogP contribution is 2.26. The monoisotopic (exact) mass is 372 g/mol. The highest BCUT2D eigenvalue weighted by atomic mass is 79.9. The van der Waals surface area contributed by atoms with Crippen LogP contribution in [-0.4, -0.2) is 6.03 Å². The second-order valence-corrected chi connectivity index (χ2v) is 5.98. The SMILES string of the molecule is Cc1cc(Br)cc(NC(=O)Nc2cc(Cl)ccc2Cl)c1. The van der Waals surface area contributed by atoms with Gasteiger partial charge in [-0.15, -0.1) is 0 Å². The summed E-state index contributed by atoms with van der Waals surface area (Å²) in [6.45, 7) is 1.95. The Morgan fingerprint density at radius 2 is 1.85 bits per heavy atom. The van der Waals surface area contributed by atoms with Crippen molar-refractivity contribution in [2.24, 2.45) is 0 Å². The lowest BCUT2D eigenvalue weighted by Gasteiger charge is -2.10. The van der Waals surface area contributed by atoms with Gasteiger partial charge in [-0.2, -0.15) is 0 Å². The number of hydrogen-bond donors (Lipinski definition) is 2. The maximum atomic E-state index is 11.9. The molecular formula is C14H11BrCl2N2O. The standard InChI is InChI=1S/C14H11BrCl2N2O/c1-8-4-9(15)6-11(5-8)18-14(20)19-13-7-10(16)2-3-12(13)17/h2-7H,1H3,(H2,18,19,20). The van der Waals surface area contributed by atoms with Gasteiger partial charge in [0.25, 0.3) is 0 Å². The Labute approximate surface area is 135 Å². The predicted molar refractivity (Wildman–Crippen MR) is 88.0 cm³/mol. The first kappa shape index (κ1) is 15.2. The Hall–Kier alpha value is -1.23. The zero-order valence-corrected chi connectivity index (χ0v) is 13.6. The molecule has 0 unspecified atom stereocenters. The van der Waals surface area contributed by atoms with Crippen LogP contribution < -0.4 is 10.6 Å². The molecule has 2 N–H and O–H groups in total. The van der Waals surface area contributed by atoms with Gasteiger partial charge in [0.15, 0.2) is 0 Å². The van der Waals surface area contributed by atoms with Gasteiger partial charge in [-0.3, -0.25) is 0 Å². The van der Waals surface area contributed by atoms with Crippen molar-refractivity contribution < 1.29 is 4.79 Å². The largest absolute Gasteiger partial charge is 0.323 e. The maximum absolute atomic E-state index is 11.9. The smallest absolute Gasteiger partial charge is 0.308 e. The number of benzene rings is 2. The summed E-state index contributed by atoms with van der Waals surface area (Å²) < 4.78 is 0.897. The number of carbonyl (C=O) groups is 1. The Balaban J connectivity index is 2.11. The molecule has 0 aromatic heterocycles. The fourth-order valence-corrected chi connectivity index (χ4v) is 2.63. The average Bonchev–Trinajstić information content (AvgIpc) is 2.32. The van der Waals surface area contributed by atoms with Gasteiger partial charge in [0, 0.05) is 15.2 Å². The van der Waals surface area contributed by atoms with Crippen LogP contribution in [0.5, 0.6) is 0 Å². The van der Waals surface area contributed by atoms with Crippen molar-refractivity contribution >= 4 is 56.5 Å². The zero-order valence-electron chi connectivity index (χ0n) is 10.5. The van der Waals surface area contributed by atoms with Crippen LogP contribution in [0.3, 0.4) is 0 Å². The van der Waals surface area contributed by atoms with Gasteiger partial charge in [0.05, 0.1) is 10.7 Å². The van der Waals surface area contributed by atoms with Crippen LogP contribution in [0.15, 0.2) is 40.9 Å². The number of nitrogens with one attached hydrogen (secondary N) is 2. The summed E-state index contributed by atoms with van der Waals surface area (Å²) in [6, 6.07) is 10.1. The average molecular weight is 374 g/mol. The van der Waals surface area contributed by atoms with E-state index in [4.69, 9.17) is 23.2 Å². The molecule has 0 atom stereocenters. The normalized spacial score (nSPS) is 10.2. The van der Waals surface area contributed by atoms with Crippen molar-refractivity contribution in [3.05, 3.63) is 56.5 Å². The minimum absolute atomic E-state index is 0.383. The summed E-state index contributed by atoms with van der Waals surface area (Å²) in [5, 5.41) is 6.32. The highest BCUT2D eigenvalue weighted by Gasteiger charge is 2.07. The van der Waals surface area contributed by atoms with Gasteiger partial charge in [0.1, 0.15) is 0 Å². The van der Waals surface area contributed by atoms with E-state index < -0.39 is 0 Å². The molecule has 6 heteroatoms. The quantitative estimate of drug-likeness (QED) is 0.695. The lowest BCUT2D eigenvalue weighted by atomic mass is 10.2. The van der Waals surface area contributed by atoms with Crippen molar-refractivity contribution in [2.45, 2.75) is 6.92 Å². The summed E-state index contributed by atoms with van der Waals surface area (Å²) in [4.78, 5) is 11.9. The van der Waals surface area contributed by atoms with Gasteiger partial charge in [-0.1, -0.05) is 39.1 Å². The molecule has 0 spiro atoms. The van der Waals surface area contributed by atoms with Crippen LogP contribution in [0.25, 0.3) is 0 Å². The first-order valence-electron chi connectivity index (χ1n) is 5.74. The van der Waals surface area contributed by atoms with Gasteiger partial charge >= 0.3 is 6.03 Å². The summed E-state index contributed by atoms with van der Waals surface area (Å²) in [5.41, 5.74) is 2.19. The van der Waals surface area contributed by atoms with E-state index >= 15 is 0 Å². The lowest BCUT2D eigenvalue weighted by Crippen LogP contribution is -2.19. The Morgan fingerprint density at radius 3 is 2.55 bits per heavy atom. The Bertz CT molecular complexity index is 641. The van der Waals surface area contributed by atoms with Crippen LogP contribution in [0.2, 0.25) is 10.0 Å². The third-order valence-corrected chi connectivity index (χ3v) is 3.50. The fourth-order valence-electron chi connectivity index (χ4n) is 1.69. The molecule has 0 aliphatic carbocycles. The van der Waals surface area contributed by atoms with E-state index in [0.717, 1.165) is 10.0 Å². The molecule has 0 bridgehead atoms. The van der Waals surface area contributed by atoms with Gasteiger partial charge in [-0.25, -0.2) is 4.79 Å². The van der Waals surface area contributed by atoms with Crippen LogP contribution in [0, 0.1) is 6.92 Å². The molecule has 0 saturated heterocycles. The molecule has 104 valence electrons. The molecule has 20 heavy (non-hydrogen) atoms. The van der Waals surface area contributed by atoms with Crippen molar-refractivity contribution in [1.82, 2.24) is 0 Å². The topological polar surface area (TPSA) is 41.1 Å². The Kier molecular flexibility index (Phi) is 4.91. The first-order valence-corrected chi connectivity index (χ1v) is 7.29. The highest BCUT2D eigenvalue weighted by molar-refractivity contribution is 9.10. The molecular weight excluding hydrogens is 363 g/mol. The van der Waals surface area contributed by atoms with Crippen molar-refractivity contribution in [1.29, 1.82) is 0 Å². The summed E-state index contributed by atoms with van der Waals surface area (Å²) in [5.74, 6) is 0. The third kappa shape index (κ3) is 4.13. The molecule has 0 aliphatic rings. The van der Waals surface area contributed by atoms with Crippen LogP contribution in [0.4, 0.5) is 16.2 Å². The summed E-state index contributed by atoms with van der Waals surface area (Å²) >= 11 is 15.2. The minimum Gasteiger partial charge on any atom is -0.308 e. The van der Waals surface area contributed by atoms with Gasteiger partial charge in [0.2, 0.25) is 0 Å². The van der Waals surface area contributed by atoms with Crippen LogP contribution in [0.1, 0.15) is 5.56 Å². The van der Waals surface area contributed by atoms with Crippen LogP contribution >= 0.6 is 39.1 Å². The number of rotatable bonds is 2. The molecule has 2 aromatic rings. The van der Waals surface area contributed by atoms with E-state index in [1.54, 1.807) is 18.2 Å². The third-order valence-electron chi connectivity index (χ3n) is 2.48. The van der Waals surface area contributed by atoms with Gasteiger partial charge < -0.3 is 10.6 Å². The van der Waals surface area contributed by atoms with Crippen molar-refractivity contribution in [3.8, 4) is 0 Å². The van der Waals surface area contributed by atoms with E-state index in [1.165, 1.54) is 0 Å². The molecule has 0 aliphatic heterocycles. The molecule has 2 aromatic carbocycles. The summed E-state index contributed by atoms with van der Waals surface area (Å²) in [6.07, 6.45) is 0. The molecule has 0 heterocycles. The molecule has 0 fully saturated rings. The van der Waals surface area contributed by atoms with Crippen molar-refractivity contribution in [3.63, 3.8) is 0 Å². The van der Waals surface area contributed by atoms with E-state index in [2.05, 4.69) is 26.6 Å². The van der Waals surface area contributed by atoms with E-state index in [9.17, 15) is 4.79 Å². The van der Waals surface area contributed by atoms with E-state index in [0.29, 0.717) is 21.4 Å². The van der Waals surface area contributed by atoms with E-state index in [-0.39, 0.29) is 6.03 Å². The van der Waals surface area contributed by atoms with Crippen molar-refractivity contribution in [2.75, 3.05) is 10.6 Å². The van der Waals surface area contributed by atoms with Crippen LogP contribution in [-0.2, 0) is 0 Å². The molecule has 3 nitrogen and oxygen atoms in total. The number of hydrogen-bond acceptors (Lipinski definition) is 1. The molecule has 2 amide bonds. The number of anilines is 2. The molecule has 0 radical (unpaired) electrons. The number of urea groups is 1. The zero-order chi connectivity index (χ0) is 14.7. The predicted octanol–water partition coefficient (Wildman–Crippen LogP) is 5.71. The number of amides is 2. The van der Waals surface area contributed by atoms with E-state index in [1.807, 2.05) is 25.1 Å². The second kappa shape index (κ2) is 6.48. The molecule has 0 saturated carbocycles. The summed E-state index contributed by atoms with van der Waals surface area (Å²) in [7, 11) is 0. The number of halogens is 3. The minimum atomic E-state index is -0.383. The Morgan fingerprint density at radius 1 is 1.10 bits per heavy atom. The lowest BCUT2D eigenvalue weighted by molar-refractivity contribution is 0.262. The fraction of sp³-hybridized carbons (Fsp3) is 0.0714. The van der Waals surface area contributed by atoms with Gasteiger partial charge in [-0.05, 0) is 48.9 Å². The number of aryl methyl sites for hydroxylation is 1. The maximum Gasteiger partial charge on any atom is 0.323 e. The first-order chi connectivity index (χ1) is 9.44. The number of carbonyl (C=O) groups excluding carboxylic acids is 1. The molecule has 2 rings (SSSR count).